The second kappa shape index (κ2) is 8.83. The first-order chi connectivity index (χ1) is 12.7. The van der Waals surface area contributed by atoms with Gasteiger partial charge in [0.25, 0.3) is 5.89 Å². The molecule has 1 saturated heterocycles. The zero-order valence-electron chi connectivity index (χ0n) is 15.1. The number of nitrogens with zero attached hydrogens (tertiary/aromatic N) is 5. The molecule has 1 fully saturated rings. The van der Waals surface area contributed by atoms with E-state index in [1.165, 1.54) is 0 Å². The summed E-state index contributed by atoms with van der Waals surface area (Å²) in [5, 5.41) is 11.4. The van der Waals surface area contributed by atoms with Crippen molar-refractivity contribution in [3.05, 3.63) is 41.8 Å². The summed E-state index contributed by atoms with van der Waals surface area (Å²) in [6.07, 6.45) is 0. The van der Waals surface area contributed by atoms with Gasteiger partial charge in [-0.05, 0) is 26.1 Å². The molecule has 4 rings (SSSR count). The van der Waals surface area contributed by atoms with Crippen LogP contribution in [-0.4, -0.2) is 51.9 Å². The minimum atomic E-state index is 0. The normalized spacial score (nSPS) is 17.6. The summed E-state index contributed by atoms with van der Waals surface area (Å²) in [6.45, 7) is 4.57. The van der Waals surface area contributed by atoms with Crippen molar-refractivity contribution in [2.75, 3.05) is 26.7 Å². The van der Waals surface area contributed by atoms with Crippen LogP contribution in [0.15, 0.2) is 38.2 Å². The Balaban J connectivity index is 0.00000210. The number of hydrogen-bond acceptors (Lipinski definition) is 9. The van der Waals surface area contributed by atoms with Crippen LogP contribution < -0.4 is 5.32 Å². The summed E-state index contributed by atoms with van der Waals surface area (Å²) in [5.74, 6) is 3.07. The van der Waals surface area contributed by atoms with E-state index in [0.29, 0.717) is 29.2 Å². The van der Waals surface area contributed by atoms with Gasteiger partial charge in [-0.1, -0.05) is 22.4 Å². The summed E-state index contributed by atoms with van der Waals surface area (Å²) in [6, 6.07) is 8.10. The molecule has 2 aromatic heterocycles. The molecule has 0 radical (unpaired) electrons. The van der Waals surface area contributed by atoms with E-state index >= 15 is 0 Å². The Hall–Kier alpha value is -1.94. The fourth-order valence-corrected chi connectivity index (χ4v) is 3.76. The highest BCUT2D eigenvalue weighted by atomic mass is 35.5. The molecule has 1 aliphatic heterocycles. The number of likely N-dealkylation sites (N-methyl/N-ethyl adjacent to an activating group) is 1. The highest BCUT2D eigenvalue weighted by Crippen LogP contribution is 2.33. The Labute approximate surface area is 167 Å². The van der Waals surface area contributed by atoms with E-state index in [4.69, 9.17) is 9.05 Å². The fraction of sp³-hybridized carbons (Fsp3) is 0.412. The molecule has 144 valence electrons. The first-order valence-corrected chi connectivity index (χ1v) is 9.45. The van der Waals surface area contributed by atoms with Crippen LogP contribution in [0, 0.1) is 6.92 Å². The number of aromatic nitrogens is 4. The number of halogens is 1. The van der Waals surface area contributed by atoms with Crippen LogP contribution in [-0.2, 0) is 5.75 Å². The molecule has 3 heterocycles. The number of aryl methyl sites for hydroxylation is 1. The van der Waals surface area contributed by atoms with Crippen molar-refractivity contribution in [2.45, 2.75) is 23.6 Å². The first-order valence-electron chi connectivity index (χ1n) is 8.46. The molecular weight excluding hydrogens is 388 g/mol. The van der Waals surface area contributed by atoms with Crippen LogP contribution in [0.3, 0.4) is 0 Å². The maximum atomic E-state index is 5.57. The summed E-state index contributed by atoms with van der Waals surface area (Å²) >= 11 is 1.61. The molecular formula is C17H21ClN6O2S. The SMILES string of the molecule is Cc1noc(CSc2ccccc2-c2nc(C3CNCCN3C)no2)n1.Cl. The van der Waals surface area contributed by atoms with Crippen molar-refractivity contribution in [1.29, 1.82) is 0 Å². The molecule has 0 spiro atoms. The van der Waals surface area contributed by atoms with Gasteiger partial charge in [-0.15, -0.1) is 24.2 Å². The Morgan fingerprint density at radius 3 is 2.85 bits per heavy atom. The molecule has 1 N–H and O–H groups in total. The predicted octanol–water partition coefficient (Wildman–Crippen LogP) is 2.72. The van der Waals surface area contributed by atoms with Crippen molar-refractivity contribution in [3.63, 3.8) is 0 Å². The molecule has 0 amide bonds. The van der Waals surface area contributed by atoms with Gasteiger partial charge in [-0.3, -0.25) is 4.90 Å². The van der Waals surface area contributed by atoms with E-state index in [2.05, 4.69) is 37.5 Å². The molecule has 8 nitrogen and oxygen atoms in total. The number of nitrogens with one attached hydrogen (secondary N) is 1. The number of hydrogen-bond donors (Lipinski definition) is 1. The van der Waals surface area contributed by atoms with E-state index in [9.17, 15) is 0 Å². The lowest BCUT2D eigenvalue weighted by Crippen LogP contribution is -2.44. The van der Waals surface area contributed by atoms with E-state index in [1.807, 2.05) is 31.2 Å². The second-order valence-electron chi connectivity index (χ2n) is 6.18. The topological polar surface area (TPSA) is 93.1 Å². The summed E-state index contributed by atoms with van der Waals surface area (Å²) < 4.78 is 10.7. The van der Waals surface area contributed by atoms with Gasteiger partial charge in [0.1, 0.15) is 0 Å². The number of thioether (sulfide) groups is 1. The lowest BCUT2D eigenvalue weighted by molar-refractivity contribution is 0.190. The van der Waals surface area contributed by atoms with Crippen LogP contribution in [0.4, 0.5) is 0 Å². The highest BCUT2D eigenvalue weighted by Gasteiger charge is 2.26. The average Bonchev–Trinajstić information content (AvgIpc) is 3.30. The molecule has 0 saturated carbocycles. The van der Waals surface area contributed by atoms with Crippen molar-refractivity contribution in [2.24, 2.45) is 0 Å². The van der Waals surface area contributed by atoms with Gasteiger partial charge in [0, 0.05) is 24.5 Å². The smallest absolute Gasteiger partial charge is 0.259 e. The lowest BCUT2D eigenvalue weighted by atomic mass is 10.2. The van der Waals surface area contributed by atoms with E-state index in [1.54, 1.807) is 11.8 Å². The number of benzene rings is 1. The van der Waals surface area contributed by atoms with Crippen LogP contribution in [0.1, 0.15) is 23.6 Å². The summed E-state index contributed by atoms with van der Waals surface area (Å²) in [4.78, 5) is 12.2. The third-order valence-electron chi connectivity index (χ3n) is 4.29. The van der Waals surface area contributed by atoms with E-state index in [0.717, 1.165) is 30.1 Å². The van der Waals surface area contributed by atoms with Gasteiger partial charge in [-0.2, -0.15) is 9.97 Å². The Morgan fingerprint density at radius 1 is 1.22 bits per heavy atom. The van der Waals surface area contributed by atoms with Gasteiger partial charge in [0.2, 0.25) is 5.89 Å². The zero-order valence-corrected chi connectivity index (χ0v) is 16.7. The van der Waals surface area contributed by atoms with E-state index in [-0.39, 0.29) is 18.4 Å². The average molecular weight is 409 g/mol. The van der Waals surface area contributed by atoms with Crippen molar-refractivity contribution in [3.8, 4) is 11.5 Å². The van der Waals surface area contributed by atoms with Gasteiger partial charge < -0.3 is 14.4 Å². The van der Waals surface area contributed by atoms with Crippen molar-refractivity contribution < 1.29 is 9.05 Å². The third kappa shape index (κ3) is 4.49. The molecule has 1 aliphatic rings. The first kappa shape index (κ1) is 19.8. The second-order valence-corrected chi connectivity index (χ2v) is 7.20. The predicted molar refractivity (Wildman–Crippen MR) is 104 cm³/mol. The van der Waals surface area contributed by atoms with Gasteiger partial charge in [-0.25, -0.2) is 0 Å². The molecule has 0 aliphatic carbocycles. The van der Waals surface area contributed by atoms with Crippen LogP contribution in [0.2, 0.25) is 0 Å². The number of rotatable bonds is 5. The molecule has 10 heteroatoms. The Bertz CT molecular complexity index is 886. The monoisotopic (exact) mass is 408 g/mol. The van der Waals surface area contributed by atoms with E-state index < -0.39 is 0 Å². The lowest BCUT2D eigenvalue weighted by Gasteiger charge is -2.30. The maximum absolute atomic E-state index is 5.57. The number of piperazine rings is 1. The zero-order chi connectivity index (χ0) is 17.9. The minimum Gasteiger partial charge on any atom is -0.338 e. The fourth-order valence-electron chi connectivity index (χ4n) is 2.88. The Morgan fingerprint density at radius 2 is 2.07 bits per heavy atom. The maximum Gasteiger partial charge on any atom is 0.259 e. The van der Waals surface area contributed by atoms with Gasteiger partial charge in [0.05, 0.1) is 17.4 Å². The highest BCUT2D eigenvalue weighted by molar-refractivity contribution is 7.98. The molecule has 1 aromatic carbocycles. The summed E-state index contributed by atoms with van der Waals surface area (Å²) in [5.41, 5.74) is 0.916. The molecule has 0 bridgehead atoms. The molecule has 3 aromatic rings. The van der Waals surface area contributed by atoms with Gasteiger partial charge in [0.15, 0.2) is 11.6 Å². The van der Waals surface area contributed by atoms with Gasteiger partial charge >= 0.3 is 0 Å². The molecule has 1 unspecified atom stereocenters. The van der Waals surface area contributed by atoms with Crippen LogP contribution in [0.25, 0.3) is 11.5 Å². The van der Waals surface area contributed by atoms with Crippen molar-refractivity contribution >= 4 is 24.2 Å². The third-order valence-corrected chi connectivity index (χ3v) is 5.35. The Kier molecular flexibility index (Phi) is 6.48. The molecule has 27 heavy (non-hydrogen) atoms. The van der Waals surface area contributed by atoms with Crippen LogP contribution >= 0.6 is 24.2 Å². The largest absolute Gasteiger partial charge is 0.338 e. The summed E-state index contributed by atoms with van der Waals surface area (Å²) in [7, 11) is 2.08. The van der Waals surface area contributed by atoms with Crippen LogP contribution in [0.5, 0.6) is 0 Å². The quantitative estimate of drug-likeness (QED) is 0.639. The standard InChI is InChI=1S/C17H20N6O2S.ClH/c1-11-19-15(24-21-11)10-26-14-6-4-3-5-12(14)17-20-16(22-25-17)13-9-18-7-8-23(13)2;/h3-6,13,18H,7-10H2,1-2H3;1H. The molecule has 1 atom stereocenters. The van der Waals surface area contributed by atoms with Crippen molar-refractivity contribution in [1.82, 2.24) is 30.5 Å². The minimum absolute atomic E-state index is 0.